The van der Waals surface area contributed by atoms with Crippen molar-refractivity contribution in [3.8, 4) is 0 Å². The zero-order valence-electron chi connectivity index (χ0n) is 12.0. The molecule has 1 N–H and O–H groups in total. The van der Waals surface area contributed by atoms with Gasteiger partial charge in [-0.15, -0.1) is 0 Å². The van der Waals surface area contributed by atoms with Gasteiger partial charge in [-0.3, -0.25) is 0 Å². The Morgan fingerprint density at radius 3 is 1.94 bits per heavy atom. The van der Waals surface area contributed by atoms with Crippen molar-refractivity contribution in [2.75, 3.05) is 6.54 Å². The molecule has 0 saturated heterocycles. The van der Waals surface area contributed by atoms with Crippen molar-refractivity contribution >= 4 is 0 Å². The van der Waals surface area contributed by atoms with Crippen LogP contribution >= 0.6 is 0 Å². The first-order chi connectivity index (χ1) is 7.43. The molecule has 0 aromatic carbocycles. The van der Waals surface area contributed by atoms with E-state index in [1.54, 1.807) is 0 Å². The highest BCUT2D eigenvalue weighted by molar-refractivity contribution is 4.93. The summed E-state index contributed by atoms with van der Waals surface area (Å²) in [5.74, 6) is 0.921. The van der Waals surface area contributed by atoms with Crippen molar-refractivity contribution in [1.29, 1.82) is 0 Å². The molecule has 16 heavy (non-hydrogen) atoms. The van der Waals surface area contributed by atoms with Crippen molar-refractivity contribution in [1.82, 2.24) is 5.32 Å². The smallest absolute Gasteiger partial charge is 0.00967 e. The van der Waals surface area contributed by atoms with E-state index in [4.69, 9.17) is 0 Å². The molecule has 0 radical (unpaired) electrons. The van der Waals surface area contributed by atoms with Crippen LogP contribution in [0.25, 0.3) is 0 Å². The fraction of sp³-hybridized carbons (Fsp3) is 1.00. The van der Waals surface area contributed by atoms with E-state index in [9.17, 15) is 0 Å². The molecule has 1 rings (SSSR count). The van der Waals surface area contributed by atoms with E-state index < -0.39 is 0 Å². The van der Waals surface area contributed by atoms with Gasteiger partial charge in [0.25, 0.3) is 0 Å². The molecule has 1 aliphatic rings. The summed E-state index contributed by atoms with van der Waals surface area (Å²) in [6.07, 6.45) is 8.49. The monoisotopic (exact) mass is 225 g/mol. The average molecular weight is 225 g/mol. The van der Waals surface area contributed by atoms with Gasteiger partial charge in [-0.05, 0) is 44.9 Å². The highest BCUT2D eigenvalue weighted by atomic mass is 15.0. The largest absolute Gasteiger partial charge is 0.312 e. The van der Waals surface area contributed by atoms with E-state index in [0.29, 0.717) is 5.41 Å². The third-order valence-corrected chi connectivity index (χ3v) is 4.42. The quantitative estimate of drug-likeness (QED) is 0.732. The van der Waals surface area contributed by atoms with Crippen molar-refractivity contribution < 1.29 is 0 Å². The molecule has 0 aliphatic heterocycles. The summed E-state index contributed by atoms with van der Waals surface area (Å²) in [6.45, 7) is 12.8. The summed E-state index contributed by atoms with van der Waals surface area (Å²) < 4.78 is 0. The molecule has 1 aliphatic carbocycles. The maximum Gasteiger partial charge on any atom is 0.00967 e. The maximum absolute atomic E-state index is 3.75. The van der Waals surface area contributed by atoms with Gasteiger partial charge in [0, 0.05) is 12.1 Å². The lowest BCUT2D eigenvalue weighted by Crippen LogP contribution is -2.45. The van der Waals surface area contributed by atoms with Crippen LogP contribution in [0.4, 0.5) is 0 Å². The van der Waals surface area contributed by atoms with Crippen molar-refractivity contribution in [2.45, 2.75) is 78.7 Å². The molecule has 0 aromatic heterocycles. The van der Waals surface area contributed by atoms with E-state index in [1.807, 2.05) is 0 Å². The van der Waals surface area contributed by atoms with Gasteiger partial charge in [-0.1, -0.05) is 39.5 Å². The van der Waals surface area contributed by atoms with Crippen LogP contribution in [-0.4, -0.2) is 12.1 Å². The van der Waals surface area contributed by atoms with Crippen LogP contribution in [0, 0.1) is 11.3 Å². The van der Waals surface area contributed by atoms with Gasteiger partial charge in [0.1, 0.15) is 0 Å². The molecule has 0 amide bonds. The van der Waals surface area contributed by atoms with Crippen LogP contribution in [0.2, 0.25) is 0 Å². The Bertz CT molecular complexity index is 192. The second-order valence-electron chi connectivity index (χ2n) is 6.69. The summed E-state index contributed by atoms with van der Waals surface area (Å²) in [4.78, 5) is 0. The first-order valence-corrected chi connectivity index (χ1v) is 7.18. The fourth-order valence-electron chi connectivity index (χ4n) is 3.40. The minimum Gasteiger partial charge on any atom is -0.312 e. The third-order valence-electron chi connectivity index (χ3n) is 4.42. The molecule has 1 nitrogen and oxygen atoms in total. The van der Waals surface area contributed by atoms with E-state index in [1.165, 1.54) is 45.1 Å². The molecule has 0 unspecified atom stereocenters. The van der Waals surface area contributed by atoms with Crippen LogP contribution < -0.4 is 5.32 Å². The zero-order chi connectivity index (χ0) is 12.2. The fourth-order valence-corrected chi connectivity index (χ4v) is 3.40. The summed E-state index contributed by atoms with van der Waals surface area (Å²) in [5.41, 5.74) is 0.873. The van der Waals surface area contributed by atoms with Crippen LogP contribution in [0.1, 0.15) is 73.1 Å². The molecule has 1 heteroatoms. The standard InChI is InChI=1S/C15H31N/c1-6-13(7-2)15(10-8-9-11-15)12-16-14(3,4)5/h13,16H,6-12H2,1-5H3. The van der Waals surface area contributed by atoms with Crippen molar-refractivity contribution in [3.63, 3.8) is 0 Å². The van der Waals surface area contributed by atoms with E-state index in [0.717, 1.165) is 5.92 Å². The Kier molecular flexibility index (Phi) is 4.85. The van der Waals surface area contributed by atoms with Crippen LogP contribution in [-0.2, 0) is 0 Å². The number of rotatable bonds is 5. The van der Waals surface area contributed by atoms with Gasteiger partial charge in [0.15, 0.2) is 0 Å². The van der Waals surface area contributed by atoms with E-state index in [2.05, 4.69) is 39.9 Å². The molecule has 1 fully saturated rings. The minimum atomic E-state index is 0.265. The number of nitrogens with one attached hydrogen (secondary N) is 1. The molecule has 0 bridgehead atoms. The van der Waals surface area contributed by atoms with E-state index >= 15 is 0 Å². The highest BCUT2D eigenvalue weighted by Gasteiger charge is 2.39. The Morgan fingerprint density at radius 1 is 1.06 bits per heavy atom. The molecule has 0 heterocycles. The Hall–Kier alpha value is -0.0400. The Labute approximate surface area is 102 Å². The molecule has 0 spiro atoms. The predicted octanol–water partition coefficient (Wildman–Crippen LogP) is 4.37. The van der Waals surface area contributed by atoms with Gasteiger partial charge in [-0.25, -0.2) is 0 Å². The second kappa shape index (κ2) is 5.53. The molecule has 96 valence electrons. The normalized spacial score (nSPS) is 20.6. The molecular weight excluding hydrogens is 194 g/mol. The highest BCUT2D eigenvalue weighted by Crippen LogP contribution is 2.46. The minimum absolute atomic E-state index is 0.265. The van der Waals surface area contributed by atoms with Crippen molar-refractivity contribution in [3.05, 3.63) is 0 Å². The summed E-state index contributed by atoms with van der Waals surface area (Å²) in [7, 11) is 0. The lowest BCUT2D eigenvalue weighted by atomic mass is 9.71. The molecule has 0 atom stereocenters. The topological polar surface area (TPSA) is 12.0 Å². The van der Waals surface area contributed by atoms with Crippen LogP contribution in [0.15, 0.2) is 0 Å². The maximum atomic E-state index is 3.75. The SMILES string of the molecule is CCC(CC)C1(CNC(C)(C)C)CCCC1. The van der Waals surface area contributed by atoms with Gasteiger partial charge in [-0.2, -0.15) is 0 Å². The third kappa shape index (κ3) is 3.48. The Balaban J connectivity index is 2.65. The van der Waals surface area contributed by atoms with Crippen molar-refractivity contribution in [2.24, 2.45) is 11.3 Å². The average Bonchev–Trinajstić information content (AvgIpc) is 2.66. The lowest BCUT2D eigenvalue weighted by Gasteiger charge is -2.39. The van der Waals surface area contributed by atoms with Crippen LogP contribution in [0.3, 0.4) is 0 Å². The second-order valence-corrected chi connectivity index (χ2v) is 6.69. The molecular formula is C15H31N. The zero-order valence-corrected chi connectivity index (χ0v) is 12.0. The molecule has 0 aromatic rings. The Morgan fingerprint density at radius 2 is 1.56 bits per heavy atom. The van der Waals surface area contributed by atoms with Gasteiger partial charge < -0.3 is 5.32 Å². The predicted molar refractivity (Wildman–Crippen MR) is 72.7 cm³/mol. The number of hydrogen-bond acceptors (Lipinski definition) is 1. The van der Waals surface area contributed by atoms with E-state index in [-0.39, 0.29) is 5.54 Å². The van der Waals surface area contributed by atoms with Gasteiger partial charge in [0.05, 0.1) is 0 Å². The summed E-state index contributed by atoms with van der Waals surface area (Å²) >= 11 is 0. The first-order valence-electron chi connectivity index (χ1n) is 7.18. The number of hydrogen-bond donors (Lipinski definition) is 1. The van der Waals surface area contributed by atoms with Crippen LogP contribution in [0.5, 0.6) is 0 Å². The van der Waals surface area contributed by atoms with Gasteiger partial charge >= 0.3 is 0 Å². The first kappa shape index (κ1) is 14.0. The molecule has 1 saturated carbocycles. The van der Waals surface area contributed by atoms with Gasteiger partial charge in [0.2, 0.25) is 0 Å². The summed E-state index contributed by atoms with van der Waals surface area (Å²) in [6, 6.07) is 0. The lowest BCUT2D eigenvalue weighted by molar-refractivity contribution is 0.137. The summed E-state index contributed by atoms with van der Waals surface area (Å²) in [5, 5.41) is 3.75.